The first-order valence-electron chi connectivity index (χ1n) is 9.04. The van der Waals surface area contributed by atoms with Crippen LogP contribution in [0, 0.1) is 5.82 Å². The zero-order chi connectivity index (χ0) is 18.5. The van der Waals surface area contributed by atoms with Gasteiger partial charge < -0.3 is 10.2 Å². The molecule has 1 N–H and O–H groups in total. The van der Waals surface area contributed by atoms with Gasteiger partial charge in [-0.05, 0) is 55.2 Å². The van der Waals surface area contributed by atoms with Gasteiger partial charge in [0.1, 0.15) is 5.82 Å². The molecule has 2 amide bonds. The van der Waals surface area contributed by atoms with Crippen molar-refractivity contribution in [2.75, 3.05) is 18.4 Å². The van der Waals surface area contributed by atoms with Gasteiger partial charge in [-0.2, -0.15) is 0 Å². The number of nitrogens with one attached hydrogen (secondary N) is 1. The van der Waals surface area contributed by atoms with Crippen LogP contribution in [-0.4, -0.2) is 29.8 Å². The minimum Gasteiger partial charge on any atom is -0.339 e. The summed E-state index contributed by atoms with van der Waals surface area (Å²) < 4.78 is 13.1. The number of hydrogen-bond donors (Lipinski definition) is 1. The largest absolute Gasteiger partial charge is 0.339 e. The van der Waals surface area contributed by atoms with Crippen molar-refractivity contribution < 1.29 is 14.0 Å². The van der Waals surface area contributed by atoms with Crippen molar-refractivity contribution in [3.63, 3.8) is 0 Å². The Hall–Kier alpha value is -2.69. The van der Waals surface area contributed by atoms with E-state index >= 15 is 0 Å². The van der Waals surface area contributed by atoms with Crippen LogP contribution in [0.1, 0.15) is 48.0 Å². The van der Waals surface area contributed by atoms with Crippen molar-refractivity contribution in [1.29, 1.82) is 0 Å². The van der Waals surface area contributed by atoms with Crippen molar-refractivity contribution in [3.8, 4) is 0 Å². The molecule has 26 heavy (non-hydrogen) atoms. The molecular weight excluding hydrogens is 331 g/mol. The highest BCUT2D eigenvalue weighted by atomic mass is 19.1. The van der Waals surface area contributed by atoms with Gasteiger partial charge in [0.15, 0.2) is 0 Å². The molecule has 3 rings (SSSR count). The van der Waals surface area contributed by atoms with Crippen molar-refractivity contribution in [2.45, 2.75) is 32.1 Å². The number of anilines is 1. The van der Waals surface area contributed by atoms with E-state index in [1.807, 2.05) is 11.8 Å². The monoisotopic (exact) mass is 354 g/mol. The lowest BCUT2D eigenvalue weighted by molar-refractivity contribution is -0.117. The van der Waals surface area contributed by atoms with Gasteiger partial charge in [0.05, 0.1) is 5.92 Å². The molecular formula is C21H23FN2O2. The topological polar surface area (TPSA) is 49.4 Å². The maximum Gasteiger partial charge on any atom is 0.253 e. The van der Waals surface area contributed by atoms with Gasteiger partial charge in [-0.25, -0.2) is 4.39 Å². The Balaban J connectivity index is 1.73. The number of hydrogen-bond acceptors (Lipinski definition) is 2. The molecule has 0 aliphatic carbocycles. The minimum atomic E-state index is -0.367. The standard InChI is InChI=1S/C21H23FN2O2/c1-2-19(15-8-10-17(22)11-9-15)20(25)23-18-7-5-6-16(14-18)21(26)24-12-3-4-13-24/h5-11,14,19H,2-4,12-13H2,1H3,(H,23,25). The summed E-state index contributed by atoms with van der Waals surface area (Å²) in [5.74, 6) is -0.847. The predicted molar refractivity (Wildman–Crippen MR) is 99.6 cm³/mol. The molecule has 0 aromatic heterocycles. The van der Waals surface area contributed by atoms with E-state index in [1.54, 1.807) is 36.4 Å². The number of benzene rings is 2. The predicted octanol–water partition coefficient (Wildman–Crippen LogP) is 4.19. The molecule has 5 heteroatoms. The maximum atomic E-state index is 13.1. The summed E-state index contributed by atoms with van der Waals surface area (Å²) in [7, 11) is 0. The fraction of sp³-hybridized carbons (Fsp3) is 0.333. The van der Waals surface area contributed by atoms with Crippen LogP contribution >= 0.6 is 0 Å². The van der Waals surface area contributed by atoms with Crippen molar-refractivity contribution >= 4 is 17.5 Å². The first-order chi connectivity index (χ1) is 12.6. The maximum absolute atomic E-state index is 13.1. The van der Waals surface area contributed by atoms with Crippen LogP contribution in [-0.2, 0) is 4.79 Å². The average Bonchev–Trinajstić information content (AvgIpc) is 3.18. The highest BCUT2D eigenvalue weighted by Crippen LogP contribution is 2.23. The van der Waals surface area contributed by atoms with Crippen LogP contribution in [0.5, 0.6) is 0 Å². The van der Waals surface area contributed by atoms with Crippen LogP contribution in [0.3, 0.4) is 0 Å². The third-order valence-corrected chi connectivity index (χ3v) is 4.77. The van der Waals surface area contributed by atoms with E-state index in [0.29, 0.717) is 17.7 Å². The van der Waals surface area contributed by atoms with Crippen LogP contribution in [0.2, 0.25) is 0 Å². The van der Waals surface area contributed by atoms with Crippen LogP contribution < -0.4 is 5.32 Å². The lowest BCUT2D eigenvalue weighted by Crippen LogP contribution is -2.27. The number of nitrogens with zero attached hydrogens (tertiary/aromatic N) is 1. The second-order valence-corrected chi connectivity index (χ2v) is 6.58. The van der Waals surface area contributed by atoms with E-state index in [2.05, 4.69) is 5.32 Å². The molecule has 1 saturated heterocycles. The molecule has 1 atom stereocenters. The Kier molecular flexibility index (Phi) is 5.66. The minimum absolute atomic E-state index is 0.00387. The molecule has 0 saturated carbocycles. The number of likely N-dealkylation sites (tertiary alicyclic amines) is 1. The van der Waals surface area contributed by atoms with E-state index < -0.39 is 0 Å². The highest BCUT2D eigenvalue weighted by Gasteiger charge is 2.21. The smallest absolute Gasteiger partial charge is 0.253 e. The highest BCUT2D eigenvalue weighted by molar-refractivity contribution is 5.99. The number of halogens is 1. The average molecular weight is 354 g/mol. The summed E-state index contributed by atoms with van der Waals surface area (Å²) in [6.45, 7) is 3.50. The quantitative estimate of drug-likeness (QED) is 0.875. The zero-order valence-electron chi connectivity index (χ0n) is 14.9. The number of amides is 2. The molecule has 0 radical (unpaired) electrons. The van der Waals surface area contributed by atoms with E-state index in [-0.39, 0.29) is 23.5 Å². The van der Waals surface area contributed by atoms with Gasteiger partial charge in [-0.3, -0.25) is 9.59 Å². The Labute approximate surface area is 153 Å². The van der Waals surface area contributed by atoms with Crippen molar-refractivity contribution in [2.24, 2.45) is 0 Å². The molecule has 0 bridgehead atoms. The van der Waals surface area contributed by atoms with Crippen molar-refractivity contribution in [1.82, 2.24) is 4.90 Å². The van der Waals surface area contributed by atoms with Crippen LogP contribution in [0.25, 0.3) is 0 Å². The molecule has 1 unspecified atom stereocenters. The second kappa shape index (κ2) is 8.13. The Morgan fingerprint density at radius 1 is 1.12 bits per heavy atom. The van der Waals surface area contributed by atoms with Crippen LogP contribution in [0.4, 0.5) is 10.1 Å². The first-order valence-corrected chi connectivity index (χ1v) is 9.04. The molecule has 0 spiro atoms. The van der Waals surface area contributed by atoms with E-state index in [0.717, 1.165) is 31.5 Å². The molecule has 1 fully saturated rings. The van der Waals surface area contributed by atoms with Gasteiger partial charge in [-0.1, -0.05) is 25.1 Å². The molecule has 1 aliphatic heterocycles. The van der Waals surface area contributed by atoms with E-state index in [1.165, 1.54) is 12.1 Å². The summed E-state index contributed by atoms with van der Waals surface area (Å²) in [6.07, 6.45) is 2.68. The summed E-state index contributed by atoms with van der Waals surface area (Å²) in [6, 6.07) is 13.0. The number of carbonyl (C=O) groups is 2. The van der Waals surface area contributed by atoms with Crippen LogP contribution in [0.15, 0.2) is 48.5 Å². The fourth-order valence-corrected chi connectivity index (χ4v) is 3.33. The SMILES string of the molecule is CCC(C(=O)Nc1cccc(C(=O)N2CCCC2)c1)c1ccc(F)cc1. The number of carbonyl (C=O) groups excluding carboxylic acids is 2. The molecule has 1 aliphatic rings. The van der Waals surface area contributed by atoms with Gasteiger partial charge in [0.2, 0.25) is 5.91 Å². The Bertz CT molecular complexity index is 783. The van der Waals surface area contributed by atoms with E-state index in [9.17, 15) is 14.0 Å². The summed E-state index contributed by atoms with van der Waals surface area (Å²) in [5, 5.41) is 2.89. The number of rotatable bonds is 5. The summed E-state index contributed by atoms with van der Waals surface area (Å²) in [4.78, 5) is 27.0. The lowest BCUT2D eigenvalue weighted by atomic mass is 9.95. The van der Waals surface area contributed by atoms with Gasteiger partial charge in [0.25, 0.3) is 5.91 Å². The van der Waals surface area contributed by atoms with Gasteiger partial charge in [-0.15, -0.1) is 0 Å². The third kappa shape index (κ3) is 4.10. The van der Waals surface area contributed by atoms with Crippen molar-refractivity contribution in [3.05, 3.63) is 65.5 Å². The third-order valence-electron chi connectivity index (χ3n) is 4.77. The second-order valence-electron chi connectivity index (χ2n) is 6.58. The Morgan fingerprint density at radius 3 is 2.46 bits per heavy atom. The van der Waals surface area contributed by atoms with Gasteiger partial charge >= 0.3 is 0 Å². The molecule has 2 aromatic carbocycles. The molecule has 2 aromatic rings. The Morgan fingerprint density at radius 2 is 1.81 bits per heavy atom. The summed E-state index contributed by atoms with van der Waals surface area (Å²) in [5.41, 5.74) is 1.95. The molecule has 136 valence electrons. The first kappa shape index (κ1) is 18.1. The fourth-order valence-electron chi connectivity index (χ4n) is 3.33. The summed E-state index contributed by atoms with van der Waals surface area (Å²) >= 11 is 0. The lowest BCUT2D eigenvalue weighted by Gasteiger charge is -2.17. The zero-order valence-corrected chi connectivity index (χ0v) is 14.9. The molecule has 1 heterocycles. The molecule has 4 nitrogen and oxygen atoms in total. The normalized spacial score (nSPS) is 14.9. The van der Waals surface area contributed by atoms with E-state index in [4.69, 9.17) is 0 Å². The van der Waals surface area contributed by atoms with Gasteiger partial charge in [0, 0.05) is 24.3 Å².